The fraction of sp³-hybridized carbons (Fsp3) is 0.316. The van der Waals surface area contributed by atoms with Crippen LogP contribution < -0.4 is 14.4 Å². The number of ether oxygens (including phenoxy) is 2. The Kier molecular flexibility index (Phi) is 5.95. The number of anilines is 2. The van der Waals surface area contributed by atoms with E-state index in [9.17, 15) is 12.8 Å². The van der Waals surface area contributed by atoms with Crippen molar-refractivity contribution in [3.05, 3.63) is 34.7 Å². The van der Waals surface area contributed by atoms with Gasteiger partial charge in [-0.3, -0.25) is 4.72 Å². The minimum Gasteiger partial charge on any atom is -0.480 e. The number of nitrogens with zero attached hydrogens (tertiary/aromatic N) is 4. The van der Waals surface area contributed by atoms with Crippen molar-refractivity contribution in [2.75, 3.05) is 49.3 Å². The van der Waals surface area contributed by atoms with E-state index in [1.165, 1.54) is 25.4 Å². The molecular formula is C19H19BrFN5O4S. The lowest BCUT2D eigenvalue weighted by Crippen LogP contribution is -2.37. The molecule has 0 aliphatic carbocycles. The highest BCUT2D eigenvalue weighted by atomic mass is 79.9. The van der Waals surface area contributed by atoms with Gasteiger partial charge in [0, 0.05) is 34.7 Å². The Morgan fingerprint density at radius 2 is 1.97 bits per heavy atom. The van der Waals surface area contributed by atoms with E-state index in [0.717, 1.165) is 6.26 Å². The molecule has 3 aromatic rings. The molecule has 164 valence electrons. The first-order valence-electron chi connectivity index (χ1n) is 9.27. The number of nitrogens with one attached hydrogen (secondary N) is 1. The first-order valence-corrected chi connectivity index (χ1v) is 12.0. The monoisotopic (exact) mass is 511 g/mol. The van der Waals surface area contributed by atoms with Gasteiger partial charge in [0.05, 0.1) is 37.8 Å². The summed E-state index contributed by atoms with van der Waals surface area (Å²) in [6, 6.07) is 4.23. The number of fused-ring (bicyclic) bond motifs is 1. The van der Waals surface area contributed by atoms with E-state index in [1.54, 1.807) is 6.07 Å². The molecule has 2 aromatic heterocycles. The zero-order valence-corrected chi connectivity index (χ0v) is 19.1. The summed E-state index contributed by atoms with van der Waals surface area (Å²) in [6.45, 7) is 2.33. The van der Waals surface area contributed by atoms with Crippen LogP contribution in [0.1, 0.15) is 0 Å². The molecule has 4 rings (SSSR count). The van der Waals surface area contributed by atoms with Crippen LogP contribution in [0, 0.1) is 5.82 Å². The molecule has 0 saturated carbocycles. The van der Waals surface area contributed by atoms with Gasteiger partial charge in [0.25, 0.3) is 0 Å². The maximum Gasteiger partial charge on any atom is 0.238 e. The normalized spacial score (nSPS) is 14.6. The van der Waals surface area contributed by atoms with Crippen LogP contribution in [0.2, 0.25) is 0 Å². The quantitative estimate of drug-likeness (QED) is 0.557. The van der Waals surface area contributed by atoms with Crippen molar-refractivity contribution in [1.82, 2.24) is 15.0 Å². The average molecular weight is 512 g/mol. The Hall–Kier alpha value is -2.57. The van der Waals surface area contributed by atoms with Gasteiger partial charge < -0.3 is 14.4 Å². The Morgan fingerprint density at radius 3 is 2.65 bits per heavy atom. The summed E-state index contributed by atoms with van der Waals surface area (Å²) in [5.41, 5.74) is 1.57. The topological polar surface area (TPSA) is 107 Å². The van der Waals surface area contributed by atoms with Crippen molar-refractivity contribution in [3.63, 3.8) is 0 Å². The van der Waals surface area contributed by atoms with Crippen molar-refractivity contribution in [2.24, 2.45) is 0 Å². The van der Waals surface area contributed by atoms with Gasteiger partial charge in [-0.15, -0.1) is 0 Å². The molecule has 12 heteroatoms. The number of hydrogen-bond acceptors (Lipinski definition) is 8. The number of pyridine rings is 1. The number of rotatable bonds is 5. The van der Waals surface area contributed by atoms with E-state index in [-0.39, 0.29) is 11.6 Å². The molecule has 0 radical (unpaired) electrons. The highest BCUT2D eigenvalue weighted by Crippen LogP contribution is 2.35. The van der Waals surface area contributed by atoms with Gasteiger partial charge in [-0.05, 0) is 34.1 Å². The van der Waals surface area contributed by atoms with Gasteiger partial charge in [-0.2, -0.15) is 0 Å². The second kappa shape index (κ2) is 8.52. The summed E-state index contributed by atoms with van der Waals surface area (Å²) in [7, 11) is -2.19. The molecule has 1 N–H and O–H groups in total. The summed E-state index contributed by atoms with van der Waals surface area (Å²) in [6.07, 6.45) is 2.53. The van der Waals surface area contributed by atoms with Gasteiger partial charge in [-0.25, -0.2) is 27.8 Å². The van der Waals surface area contributed by atoms with Crippen LogP contribution in [-0.4, -0.2) is 63.0 Å². The molecular weight excluding hydrogens is 493 g/mol. The van der Waals surface area contributed by atoms with Gasteiger partial charge >= 0.3 is 0 Å². The molecule has 0 unspecified atom stereocenters. The van der Waals surface area contributed by atoms with Crippen LogP contribution in [0.3, 0.4) is 0 Å². The van der Waals surface area contributed by atoms with Crippen LogP contribution in [0.4, 0.5) is 16.0 Å². The van der Waals surface area contributed by atoms with Crippen molar-refractivity contribution in [3.8, 4) is 17.1 Å². The molecule has 0 atom stereocenters. The predicted molar refractivity (Wildman–Crippen MR) is 118 cm³/mol. The fourth-order valence-electron chi connectivity index (χ4n) is 3.29. The molecule has 1 fully saturated rings. The third kappa shape index (κ3) is 4.70. The number of sulfonamides is 1. The van der Waals surface area contributed by atoms with E-state index >= 15 is 0 Å². The smallest absolute Gasteiger partial charge is 0.238 e. The van der Waals surface area contributed by atoms with Crippen LogP contribution in [0.5, 0.6) is 5.88 Å². The Bertz CT molecular complexity index is 1250. The summed E-state index contributed by atoms with van der Waals surface area (Å²) < 4.78 is 51.2. The van der Waals surface area contributed by atoms with Crippen molar-refractivity contribution >= 4 is 48.5 Å². The lowest BCUT2D eigenvalue weighted by Gasteiger charge is -2.27. The van der Waals surface area contributed by atoms with Gasteiger partial charge in [0.15, 0.2) is 0 Å². The van der Waals surface area contributed by atoms with E-state index in [1.807, 2.05) is 4.90 Å². The summed E-state index contributed by atoms with van der Waals surface area (Å²) in [5, 5.41) is 0.459. The summed E-state index contributed by atoms with van der Waals surface area (Å²) >= 11 is 3.39. The third-order valence-electron chi connectivity index (χ3n) is 4.61. The minimum atomic E-state index is -3.58. The van der Waals surface area contributed by atoms with Crippen LogP contribution in [0.15, 0.2) is 28.9 Å². The largest absolute Gasteiger partial charge is 0.480 e. The maximum atomic E-state index is 14.2. The first-order chi connectivity index (χ1) is 14.7. The van der Waals surface area contributed by atoms with Crippen molar-refractivity contribution in [1.29, 1.82) is 0 Å². The van der Waals surface area contributed by atoms with Gasteiger partial charge in [0.2, 0.25) is 21.9 Å². The maximum absolute atomic E-state index is 14.2. The number of aromatic nitrogens is 3. The molecule has 31 heavy (non-hydrogen) atoms. The number of methoxy groups -OCH3 is 1. The fourth-order valence-corrected chi connectivity index (χ4v) is 4.35. The summed E-state index contributed by atoms with van der Waals surface area (Å²) in [4.78, 5) is 15.5. The van der Waals surface area contributed by atoms with Gasteiger partial charge in [-0.1, -0.05) is 0 Å². The van der Waals surface area contributed by atoms with Crippen molar-refractivity contribution in [2.45, 2.75) is 0 Å². The Morgan fingerprint density at radius 1 is 1.23 bits per heavy atom. The number of hydrogen-bond donors (Lipinski definition) is 1. The molecule has 0 bridgehead atoms. The van der Waals surface area contributed by atoms with Crippen LogP contribution in [-0.2, 0) is 14.8 Å². The van der Waals surface area contributed by atoms with E-state index < -0.39 is 15.8 Å². The predicted octanol–water partition coefficient (Wildman–Crippen LogP) is 2.81. The molecule has 1 aliphatic heterocycles. The standard InChI is InChI=1S/C19H19BrFN5O4S/c1-29-18-15(25-31(2,27)28)7-11(10-22-18)16-13-8-12(21)9-14(20)17(13)24-19(23-16)26-3-5-30-6-4-26/h7-10,25H,3-6H2,1-2H3. The van der Waals surface area contributed by atoms with E-state index in [2.05, 4.69) is 35.6 Å². The molecule has 1 saturated heterocycles. The lowest BCUT2D eigenvalue weighted by molar-refractivity contribution is 0.122. The van der Waals surface area contributed by atoms with E-state index in [4.69, 9.17) is 9.47 Å². The van der Waals surface area contributed by atoms with Crippen LogP contribution >= 0.6 is 15.9 Å². The third-order valence-corrected chi connectivity index (χ3v) is 5.81. The second-order valence-corrected chi connectivity index (χ2v) is 9.51. The highest BCUT2D eigenvalue weighted by molar-refractivity contribution is 9.10. The minimum absolute atomic E-state index is 0.105. The van der Waals surface area contributed by atoms with Gasteiger partial charge in [0.1, 0.15) is 11.5 Å². The molecule has 1 aromatic carbocycles. The van der Waals surface area contributed by atoms with Crippen molar-refractivity contribution < 1.29 is 22.3 Å². The average Bonchev–Trinajstić information content (AvgIpc) is 2.72. The lowest BCUT2D eigenvalue weighted by atomic mass is 10.1. The number of benzene rings is 1. The van der Waals surface area contributed by atoms with E-state index in [0.29, 0.717) is 58.9 Å². The Balaban J connectivity index is 1.94. The first kappa shape index (κ1) is 21.7. The Labute approximate surface area is 186 Å². The molecule has 3 heterocycles. The number of halogens is 2. The van der Waals surface area contributed by atoms with Crippen LogP contribution in [0.25, 0.3) is 22.2 Å². The second-order valence-electron chi connectivity index (χ2n) is 6.91. The molecule has 0 spiro atoms. The molecule has 1 aliphatic rings. The number of morpholine rings is 1. The summed E-state index contributed by atoms with van der Waals surface area (Å²) in [5.74, 6) is 0.110. The zero-order valence-electron chi connectivity index (χ0n) is 16.7. The molecule has 9 nitrogen and oxygen atoms in total. The molecule has 0 amide bonds. The zero-order chi connectivity index (χ0) is 22.2. The SMILES string of the molecule is COc1ncc(-c2nc(N3CCOCC3)nc3c(Br)cc(F)cc23)cc1NS(C)(=O)=O. The highest BCUT2D eigenvalue weighted by Gasteiger charge is 2.21.